The first-order valence-electron chi connectivity index (χ1n) is 14.9. The maximum absolute atomic E-state index is 14.0. The van der Waals surface area contributed by atoms with Crippen LogP contribution in [0.5, 0.6) is 0 Å². The summed E-state index contributed by atoms with van der Waals surface area (Å²) in [4.78, 5) is 30.8. The van der Waals surface area contributed by atoms with Crippen LogP contribution < -0.4 is 0 Å². The Labute approximate surface area is 258 Å². The molecule has 2 aromatic carbocycles. The molecule has 2 amide bonds. The third-order valence-electron chi connectivity index (χ3n) is 9.17. The van der Waals surface area contributed by atoms with Crippen molar-refractivity contribution in [3.63, 3.8) is 0 Å². The van der Waals surface area contributed by atoms with Crippen molar-refractivity contribution < 1.29 is 45.1 Å². The van der Waals surface area contributed by atoms with Crippen molar-refractivity contribution in [1.29, 1.82) is 0 Å². The smallest absolute Gasteiger partial charge is 0.416 e. The number of aryl methyl sites for hydroxylation is 1. The lowest BCUT2D eigenvalue weighted by atomic mass is 9.81. The molecule has 1 saturated heterocycles. The predicted octanol–water partition coefficient (Wildman–Crippen LogP) is 7.62. The average Bonchev–Trinajstić information content (AvgIpc) is 2.99. The zero-order valence-electron chi connectivity index (χ0n) is 25.6. The largest absolute Gasteiger partial charge is 0.469 e. The van der Waals surface area contributed by atoms with Crippen molar-refractivity contribution in [2.24, 2.45) is 11.8 Å². The molecular weight excluding hydrogens is 607 g/mol. The Kier molecular flexibility index (Phi) is 10.4. The van der Waals surface area contributed by atoms with Gasteiger partial charge in [-0.15, -0.1) is 0 Å². The number of benzene rings is 2. The molecule has 0 aromatic heterocycles. The number of alkyl halides is 6. The molecule has 4 rings (SSSR count). The van der Waals surface area contributed by atoms with Gasteiger partial charge in [0.05, 0.1) is 36.2 Å². The molecule has 1 aliphatic heterocycles. The van der Waals surface area contributed by atoms with Crippen LogP contribution in [0.1, 0.15) is 72.5 Å². The molecule has 45 heavy (non-hydrogen) atoms. The number of amides is 2. The molecule has 2 atom stereocenters. The summed E-state index contributed by atoms with van der Waals surface area (Å²) < 4.78 is 100. The van der Waals surface area contributed by atoms with E-state index in [1.54, 1.807) is 17.9 Å². The van der Waals surface area contributed by atoms with E-state index in [0.29, 0.717) is 42.3 Å². The van der Waals surface area contributed by atoms with E-state index in [-0.39, 0.29) is 30.1 Å². The standard InChI is InChI=1S/C32H38F7N3O3/c1-19-13-26(33)9-10-27(19)28-18-41(17-21-5-7-22(8-6-21)29(43)45-4)11-12-42(28)30(44)40(3)20(2)23-14-24(31(34,35)36)16-25(15-23)32(37,38)39/h9-10,13-16,20-22,28H,5-8,11-12,17-18H2,1-4H3/t20?,21?,22?,28-/m1/s1. The molecule has 1 heterocycles. The second-order valence-corrected chi connectivity index (χ2v) is 12.1. The predicted molar refractivity (Wildman–Crippen MR) is 153 cm³/mol. The second-order valence-electron chi connectivity index (χ2n) is 12.1. The molecule has 13 heteroatoms. The Morgan fingerprint density at radius 2 is 1.56 bits per heavy atom. The van der Waals surface area contributed by atoms with Crippen LogP contribution in [0.25, 0.3) is 0 Å². The molecule has 2 fully saturated rings. The van der Waals surface area contributed by atoms with Gasteiger partial charge in [-0.25, -0.2) is 9.18 Å². The Balaban J connectivity index is 1.57. The number of ether oxygens (including phenoxy) is 1. The zero-order valence-corrected chi connectivity index (χ0v) is 25.6. The molecule has 2 aromatic rings. The van der Waals surface area contributed by atoms with Gasteiger partial charge in [-0.05, 0) is 92.5 Å². The summed E-state index contributed by atoms with van der Waals surface area (Å²) in [6.45, 7) is 4.96. The van der Waals surface area contributed by atoms with Crippen LogP contribution in [0.15, 0.2) is 36.4 Å². The summed E-state index contributed by atoms with van der Waals surface area (Å²) >= 11 is 0. The summed E-state index contributed by atoms with van der Waals surface area (Å²) in [7, 11) is 2.73. The Bertz CT molecular complexity index is 1340. The second kappa shape index (κ2) is 13.6. The van der Waals surface area contributed by atoms with E-state index in [4.69, 9.17) is 4.74 Å². The summed E-state index contributed by atoms with van der Waals surface area (Å²) in [5, 5.41) is 0. The minimum Gasteiger partial charge on any atom is -0.469 e. The van der Waals surface area contributed by atoms with Gasteiger partial charge >= 0.3 is 24.4 Å². The number of esters is 1. The molecule has 248 valence electrons. The van der Waals surface area contributed by atoms with E-state index in [1.165, 1.54) is 33.2 Å². The number of urea groups is 1. The van der Waals surface area contributed by atoms with Crippen LogP contribution in [-0.4, -0.2) is 67.0 Å². The lowest BCUT2D eigenvalue weighted by Crippen LogP contribution is -2.54. The molecule has 0 spiro atoms. The third-order valence-corrected chi connectivity index (χ3v) is 9.17. The molecule has 0 radical (unpaired) electrons. The number of methoxy groups -OCH3 is 1. The van der Waals surface area contributed by atoms with Crippen LogP contribution in [0.3, 0.4) is 0 Å². The van der Waals surface area contributed by atoms with E-state index in [1.807, 2.05) is 0 Å². The highest BCUT2D eigenvalue weighted by molar-refractivity contribution is 5.75. The fraction of sp³-hybridized carbons (Fsp3) is 0.562. The van der Waals surface area contributed by atoms with Crippen molar-refractivity contribution in [2.45, 2.75) is 64.0 Å². The molecule has 6 nitrogen and oxygen atoms in total. The van der Waals surface area contributed by atoms with Crippen molar-refractivity contribution in [1.82, 2.24) is 14.7 Å². The van der Waals surface area contributed by atoms with E-state index >= 15 is 0 Å². The molecule has 1 saturated carbocycles. The van der Waals surface area contributed by atoms with Gasteiger partial charge in [0.15, 0.2) is 0 Å². The van der Waals surface area contributed by atoms with Crippen LogP contribution in [-0.2, 0) is 21.9 Å². The molecule has 2 aliphatic rings. The normalized spacial score (nSPS) is 22.2. The van der Waals surface area contributed by atoms with Gasteiger partial charge in [-0.3, -0.25) is 9.69 Å². The van der Waals surface area contributed by atoms with Crippen LogP contribution in [0.2, 0.25) is 0 Å². The quantitative estimate of drug-likeness (QED) is 0.240. The number of hydrogen-bond donors (Lipinski definition) is 0. The Morgan fingerprint density at radius 3 is 2.09 bits per heavy atom. The van der Waals surface area contributed by atoms with Gasteiger partial charge in [0, 0.05) is 33.2 Å². The number of hydrogen-bond acceptors (Lipinski definition) is 4. The fourth-order valence-electron chi connectivity index (χ4n) is 6.44. The van der Waals surface area contributed by atoms with Crippen LogP contribution >= 0.6 is 0 Å². The summed E-state index contributed by atoms with van der Waals surface area (Å²) in [5.74, 6) is -0.433. The number of carbonyl (C=O) groups is 2. The fourth-order valence-corrected chi connectivity index (χ4v) is 6.44. The number of nitrogens with zero attached hydrogens (tertiary/aromatic N) is 3. The molecular formula is C32H38F7N3O3. The van der Waals surface area contributed by atoms with Crippen molar-refractivity contribution in [2.75, 3.05) is 40.3 Å². The first-order valence-corrected chi connectivity index (χ1v) is 14.9. The summed E-state index contributed by atoms with van der Waals surface area (Å²) in [6, 6.07) is 3.36. The van der Waals surface area contributed by atoms with Gasteiger partial charge in [-0.1, -0.05) is 6.07 Å². The maximum Gasteiger partial charge on any atom is 0.416 e. The van der Waals surface area contributed by atoms with Gasteiger partial charge in [0.2, 0.25) is 0 Å². The van der Waals surface area contributed by atoms with Gasteiger partial charge < -0.3 is 14.5 Å². The van der Waals surface area contributed by atoms with Crippen molar-refractivity contribution in [3.8, 4) is 0 Å². The number of piperazine rings is 1. The highest BCUT2D eigenvalue weighted by Gasteiger charge is 2.40. The third kappa shape index (κ3) is 8.09. The lowest BCUT2D eigenvalue weighted by molar-refractivity contribution is -0.147. The Hall–Kier alpha value is -3.35. The minimum absolute atomic E-state index is 0.0620. The average molecular weight is 646 g/mol. The van der Waals surface area contributed by atoms with Gasteiger partial charge in [-0.2, -0.15) is 26.3 Å². The van der Waals surface area contributed by atoms with Gasteiger partial charge in [0.25, 0.3) is 0 Å². The highest BCUT2D eigenvalue weighted by Crippen LogP contribution is 2.39. The van der Waals surface area contributed by atoms with E-state index in [2.05, 4.69) is 4.90 Å². The van der Waals surface area contributed by atoms with Crippen LogP contribution in [0, 0.1) is 24.6 Å². The number of rotatable bonds is 6. The van der Waals surface area contributed by atoms with E-state index in [9.17, 15) is 40.3 Å². The maximum atomic E-state index is 14.0. The first kappa shape index (κ1) is 34.5. The summed E-state index contributed by atoms with van der Waals surface area (Å²) in [6.07, 6.45) is -6.89. The number of carbonyl (C=O) groups excluding carboxylic acids is 2. The molecule has 1 unspecified atom stereocenters. The molecule has 1 aliphatic carbocycles. The number of halogens is 7. The summed E-state index contributed by atoms with van der Waals surface area (Å²) in [5.41, 5.74) is -1.89. The minimum atomic E-state index is -5.02. The SMILES string of the molecule is COC(=O)C1CCC(CN2CCN(C(=O)N(C)C(C)c3cc(C(F)(F)F)cc(C(F)(F)F)c3)[C@@H](c3ccc(F)cc3C)C2)CC1. The van der Waals surface area contributed by atoms with Gasteiger partial charge in [0.1, 0.15) is 5.82 Å². The van der Waals surface area contributed by atoms with Crippen molar-refractivity contribution in [3.05, 3.63) is 70.0 Å². The van der Waals surface area contributed by atoms with Crippen molar-refractivity contribution >= 4 is 12.0 Å². The zero-order chi connectivity index (χ0) is 33.3. The van der Waals surface area contributed by atoms with Crippen LogP contribution in [0.4, 0.5) is 35.5 Å². The lowest BCUT2D eigenvalue weighted by Gasteiger charge is -2.45. The highest BCUT2D eigenvalue weighted by atomic mass is 19.4. The molecule has 0 N–H and O–H groups in total. The first-order chi connectivity index (χ1) is 21.0. The Morgan fingerprint density at radius 1 is 0.956 bits per heavy atom. The van der Waals surface area contributed by atoms with E-state index < -0.39 is 47.4 Å². The van der Waals surface area contributed by atoms with E-state index in [0.717, 1.165) is 37.1 Å². The topological polar surface area (TPSA) is 53.1 Å². The molecule has 0 bridgehead atoms. The monoisotopic (exact) mass is 645 g/mol.